The van der Waals surface area contributed by atoms with Crippen molar-refractivity contribution in [1.82, 2.24) is 10.2 Å². The van der Waals surface area contributed by atoms with Gasteiger partial charge in [-0.3, -0.25) is 0 Å². The zero-order chi connectivity index (χ0) is 16.4. The van der Waals surface area contributed by atoms with Crippen LogP contribution >= 0.6 is 23.6 Å². The van der Waals surface area contributed by atoms with Crippen LogP contribution < -0.4 is 10.6 Å². The molecule has 1 aromatic rings. The van der Waals surface area contributed by atoms with E-state index in [0.717, 1.165) is 56.0 Å². The predicted molar refractivity (Wildman–Crippen MR) is 97.6 cm³/mol. The summed E-state index contributed by atoms with van der Waals surface area (Å²) in [6.07, 6.45) is 3.00. The number of nitrogens with one attached hydrogen (secondary N) is 2. The summed E-state index contributed by atoms with van der Waals surface area (Å²) < 4.78 is 5.45. The van der Waals surface area contributed by atoms with Gasteiger partial charge in [-0.1, -0.05) is 0 Å². The molecule has 0 amide bonds. The molecule has 0 saturated carbocycles. The number of ether oxygens (including phenoxy) is 1. The lowest BCUT2D eigenvalue weighted by atomic mass is 10.1. The summed E-state index contributed by atoms with van der Waals surface area (Å²) >= 11 is 7.19. The van der Waals surface area contributed by atoms with Crippen molar-refractivity contribution in [3.8, 4) is 0 Å². The summed E-state index contributed by atoms with van der Waals surface area (Å²) in [5.74, 6) is -0.231. The van der Waals surface area contributed by atoms with Crippen LogP contribution in [0.2, 0.25) is 0 Å². The number of piperazine rings is 1. The van der Waals surface area contributed by atoms with Gasteiger partial charge < -0.3 is 20.3 Å². The van der Waals surface area contributed by atoms with Crippen LogP contribution in [0.25, 0.3) is 0 Å². The molecular weight excluding hydrogens is 330 g/mol. The van der Waals surface area contributed by atoms with Gasteiger partial charge in [-0.2, -0.15) is 0 Å². The first-order chi connectivity index (χ1) is 11.1. The molecule has 2 heterocycles. The van der Waals surface area contributed by atoms with E-state index >= 15 is 0 Å². The van der Waals surface area contributed by atoms with Crippen LogP contribution in [-0.2, 0) is 17.6 Å². The van der Waals surface area contributed by atoms with Gasteiger partial charge in [0.1, 0.15) is 5.00 Å². The number of rotatable bonds is 3. The van der Waals surface area contributed by atoms with E-state index in [1.165, 1.54) is 4.88 Å². The number of anilines is 1. The number of carbonyl (C=O) groups is 1. The highest BCUT2D eigenvalue weighted by atomic mass is 32.1. The lowest BCUT2D eigenvalue weighted by molar-refractivity contribution is 0.0378. The maximum atomic E-state index is 12.5. The number of hydrogen-bond acceptors (Lipinski definition) is 5. The van der Waals surface area contributed by atoms with Crippen molar-refractivity contribution in [2.24, 2.45) is 0 Å². The first-order valence-corrected chi connectivity index (χ1v) is 9.41. The Bertz CT molecular complexity index is 607. The molecule has 7 heteroatoms. The van der Waals surface area contributed by atoms with Crippen molar-refractivity contribution in [3.05, 3.63) is 16.0 Å². The van der Waals surface area contributed by atoms with E-state index < -0.39 is 0 Å². The third-order valence-corrected chi connectivity index (χ3v) is 5.66. The van der Waals surface area contributed by atoms with Gasteiger partial charge in [-0.15, -0.1) is 11.3 Å². The molecule has 1 aromatic heterocycles. The molecule has 0 atom stereocenters. The van der Waals surface area contributed by atoms with Crippen LogP contribution in [0.5, 0.6) is 0 Å². The zero-order valence-corrected chi connectivity index (χ0v) is 15.2. The van der Waals surface area contributed by atoms with E-state index in [2.05, 4.69) is 15.5 Å². The average molecular weight is 354 g/mol. The van der Waals surface area contributed by atoms with Crippen LogP contribution in [0, 0.1) is 0 Å². The second-order valence-electron chi connectivity index (χ2n) is 6.18. The Balaban J connectivity index is 1.81. The zero-order valence-electron chi connectivity index (χ0n) is 13.6. The summed E-state index contributed by atoms with van der Waals surface area (Å²) in [6.45, 7) is 7.41. The number of nitrogens with zero attached hydrogens (tertiary/aromatic N) is 1. The van der Waals surface area contributed by atoms with Gasteiger partial charge in [0.05, 0.1) is 11.7 Å². The quantitative estimate of drug-likeness (QED) is 0.643. The van der Waals surface area contributed by atoms with Crippen molar-refractivity contribution in [2.75, 3.05) is 31.5 Å². The number of hydrogen-bond donors (Lipinski definition) is 2. The molecule has 0 spiro atoms. The summed E-state index contributed by atoms with van der Waals surface area (Å²) in [5, 5.41) is 8.18. The summed E-state index contributed by atoms with van der Waals surface area (Å²) in [4.78, 5) is 16.0. The van der Waals surface area contributed by atoms with Crippen LogP contribution in [0.15, 0.2) is 0 Å². The Kier molecular flexibility index (Phi) is 5.18. The molecule has 23 heavy (non-hydrogen) atoms. The standard InChI is InChI=1S/C16H23N3O2S2/c1-10(2)21-15(20)13-11-4-3-5-12(11)23-14(13)18-16(22)19-8-6-17-7-9-19/h10,17H,3-9H2,1-2H3,(H,18,22). The average Bonchev–Trinajstić information content (AvgIpc) is 3.07. The van der Waals surface area contributed by atoms with Crippen LogP contribution in [0.3, 0.4) is 0 Å². The molecule has 3 rings (SSSR count). The first-order valence-electron chi connectivity index (χ1n) is 8.18. The molecule has 0 aromatic carbocycles. The molecule has 1 fully saturated rings. The predicted octanol–water partition coefficient (Wildman–Crippen LogP) is 2.40. The van der Waals surface area contributed by atoms with E-state index in [0.29, 0.717) is 10.7 Å². The van der Waals surface area contributed by atoms with Gasteiger partial charge in [0.2, 0.25) is 0 Å². The van der Waals surface area contributed by atoms with Gasteiger partial charge in [-0.25, -0.2) is 4.79 Å². The van der Waals surface area contributed by atoms with Crippen LogP contribution in [0.4, 0.5) is 5.00 Å². The summed E-state index contributed by atoms with van der Waals surface area (Å²) in [7, 11) is 0. The summed E-state index contributed by atoms with van der Waals surface area (Å²) in [6, 6.07) is 0. The second kappa shape index (κ2) is 7.15. The molecular formula is C16H23N3O2S2. The number of thiocarbonyl (C=S) groups is 1. The lowest BCUT2D eigenvalue weighted by Crippen LogP contribution is -2.47. The highest BCUT2D eigenvalue weighted by Crippen LogP contribution is 2.39. The second-order valence-corrected chi connectivity index (χ2v) is 7.67. The minimum absolute atomic E-state index is 0.118. The molecule has 2 aliphatic rings. The first kappa shape index (κ1) is 16.7. The number of aryl methyl sites for hydroxylation is 1. The molecule has 0 bridgehead atoms. The monoisotopic (exact) mass is 353 g/mol. The highest BCUT2D eigenvalue weighted by Gasteiger charge is 2.29. The minimum Gasteiger partial charge on any atom is -0.459 e. The molecule has 5 nitrogen and oxygen atoms in total. The fourth-order valence-electron chi connectivity index (χ4n) is 3.03. The van der Waals surface area contributed by atoms with Gasteiger partial charge in [-0.05, 0) is 50.9 Å². The third kappa shape index (κ3) is 3.67. The maximum Gasteiger partial charge on any atom is 0.341 e. The Morgan fingerprint density at radius 3 is 2.78 bits per heavy atom. The SMILES string of the molecule is CC(C)OC(=O)c1c(NC(=S)N2CCNCC2)sc2c1CCC2. The van der Waals surface area contributed by atoms with Gasteiger partial charge in [0.15, 0.2) is 5.11 Å². The fraction of sp³-hybridized carbons (Fsp3) is 0.625. The fourth-order valence-corrected chi connectivity index (χ4v) is 4.65. The van der Waals surface area contributed by atoms with Crippen molar-refractivity contribution in [3.63, 3.8) is 0 Å². The van der Waals surface area contributed by atoms with Gasteiger partial charge in [0, 0.05) is 31.1 Å². The Morgan fingerprint density at radius 1 is 1.35 bits per heavy atom. The van der Waals surface area contributed by atoms with Gasteiger partial charge in [0.25, 0.3) is 0 Å². The molecule has 1 saturated heterocycles. The molecule has 2 N–H and O–H groups in total. The van der Waals surface area contributed by atoms with E-state index in [1.807, 2.05) is 13.8 Å². The molecule has 0 radical (unpaired) electrons. The number of thiophene rings is 1. The topological polar surface area (TPSA) is 53.6 Å². The van der Waals surface area contributed by atoms with Crippen LogP contribution in [-0.4, -0.2) is 48.3 Å². The largest absolute Gasteiger partial charge is 0.459 e. The maximum absolute atomic E-state index is 12.5. The highest BCUT2D eigenvalue weighted by molar-refractivity contribution is 7.80. The van der Waals surface area contributed by atoms with E-state index in [-0.39, 0.29) is 12.1 Å². The van der Waals surface area contributed by atoms with Gasteiger partial charge >= 0.3 is 5.97 Å². The smallest absolute Gasteiger partial charge is 0.341 e. The summed E-state index contributed by atoms with van der Waals surface area (Å²) in [5.41, 5.74) is 1.86. The Morgan fingerprint density at radius 2 is 2.09 bits per heavy atom. The lowest BCUT2D eigenvalue weighted by Gasteiger charge is -2.29. The Labute approximate surface area is 146 Å². The van der Waals surface area contributed by atoms with Crippen LogP contribution in [0.1, 0.15) is 41.1 Å². The minimum atomic E-state index is -0.231. The van der Waals surface area contributed by atoms with Crippen molar-refractivity contribution >= 4 is 39.6 Å². The van der Waals surface area contributed by atoms with E-state index in [4.69, 9.17) is 17.0 Å². The van der Waals surface area contributed by atoms with E-state index in [1.54, 1.807) is 11.3 Å². The van der Waals surface area contributed by atoms with Crippen molar-refractivity contribution < 1.29 is 9.53 Å². The van der Waals surface area contributed by atoms with Crippen molar-refractivity contribution in [1.29, 1.82) is 0 Å². The molecule has 1 aliphatic heterocycles. The van der Waals surface area contributed by atoms with E-state index in [9.17, 15) is 4.79 Å². The normalized spacial score (nSPS) is 17.3. The molecule has 0 unspecified atom stereocenters. The number of esters is 1. The molecule has 126 valence electrons. The molecule has 1 aliphatic carbocycles. The Hall–Kier alpha value is -1.18. The number of carbonyl (C=O) groups excluding carboxylic acids is 1. The van der Waals surface area contributed by atoms with Crippen molar-refractivity contribution in [2.45, 2.75) is 39.2 Å². The number of fused-ring (bicyclic) bond motifs is 1. The third-order valence-electron chi connectivity index (χ3n) is 4.09.